The van der Waals surface area contributed by atoms with Crippen LogP contribution in [0.25, 0.3) is 0 Å². The third kappa shape index (κ3) is 8.42. The normalized spacial score (nSPS) is 17.4. The number of carbonyl (C=O) groups excluding carboxylic acids is 1. The molecule has 1 unspecified atom stereocenters. The summed E-state index contributed by atoms with van der Waals surface area (Å²) in [7, 11) is 0. The quantitative estimate of drug-likeness (QED) is 0.666. The summed E-state index contributed by atoms with van der Waals surface area (Å²) in [6, 6.07) is 2.91. The van der Waals surface area contributed by atoms with Crippen LogP contribution in [0.5, 0.6) is 11.5 Å². The van der Waals surface area contributed by atoms with Crippen LogP contribution in [-0.2, 0) is 0 Å². The lowest BCUT2D eigenvalue weighted by molar-refractivity contribution is -0.154. The minimum Gasteiger partial charge on any atom is -0.484 e. The van der Waals surface area contributed by atoms with Gasteiger partial charge in [0.15, 0.2) is 13.2 Å². The van der Waals surface area contributed by atoms with E-state index in [1.165, 1.54) is 0 Å². The first-order valence-corrected chi connectivity index (χ1v) is 8.11. The number of halogens is 7. The molecule has 0 radical (unpaired) electrons. The molecule has 2 N–H and O–H groups in total. The van der Waals surface area contributed by atoms with Crippen molar-refractivity contribution in [3.63, 3.8) is 0 Å². The summed E-state index contributed by atoms with van der Waals surface area (Å²) in [5, 5.41) is 5.61. The Kier molecular flexibility index (Phi) is 8.68. The number of amides is 1. The fraction of sp³-hybridized carbons (Fsp3) is 0.562. The molecule has 1 aromatic rings. The van der Waals surface area contributed by atoms with Crippen molar-refractivity contribution in [2.45, 2.75) is 37.8 Å². The van der Waals surface area contributed by atoms with Crippen LogP contribution >= 0.6 is 12.4 Å². The van der Waals surface area contributed by atoms with Gasteiger partial charge < -0.3 is 14.8 Å². The van der Waals surface area contributed by atoms with E-state index in [1.807, 2.05) is 0 Å². The smallest absolute Gasteiger partial charge is 0.422 e. The van der Waals surface area contributed by atoms with Gasteiger partial charge in [-0.3, -0.25) is 10.1 Å². The second-order valence-corrected chi connectivity index (χ2v) is 5.94. The van der Waals surface area contributed by atoms with Gasteiger partial charge in [-0.1, -0.05) is 0 Å². The molecule has 0 bridgehead atoms. The third-order valence-electron chi connectivity index (χ3n) is 3.61. The van der Waals surface area contributed by atoms with E-state index >= 15 is 0 Å². The predicted octanol–water partition coefficient (Wildman–Crippen LogP) is 3.82. The highest BCUT2D eigenvalue weighted by Gasteiger charge is 2.31. The van der Waals surface area contributed by atoms with Crippen LogP contribution in [-0.4, -0.2) is 44.2 Å². The van der Waals surface area contributed by atoms with Crippen LogP contribution in [0.3, 0.4) is 0 Å². The van der Waals surface area contributed by atoms with Crippen LogP contribution in [0, 0.1) is 0 Å². The topological polar surface area (TPSA) is 59.6 Å². The molecule has 0 spiro atoms. The van der Waals surface area contributed by atoms with E-state index in [-0.39, 0.29) is 29.9 Å². The Morgan fingerprint density at radius 1 is 1.07 bits per heavy atom. The number of piperidine rings is 1. The highest BCUT2D eigenvalue weighted by atomic mass is 35.5. The van der Waals surface area contributed by atoms with E-state index in [1.54, 1.807) is 0 Å². The maximum atomic E-state index is 12.4. The van der Waals surface area contributed by atoms with Gasteiger partial charge in [-0.25, -0.2) is 0 Å². The Bertz CT molecular complexity index is 648. The van der Waals surface area contributed by atoms with Gasteiger partial charge in [0.25, 0.3) is 5.91 Å². The Labute approximate surface area is 163 Å². The van der Waals surface area contributed by atoms with Crippen LogP contribution in [0.1, 0.15) is 29.6 Å². The first-order chi connectivity index (χ1) is 12.5. The number of alkyl halides is 6. The molecular weight excluding hydrogens is 418 g/mol. The molecular formula is C16H19ClF6N2O3. The Morgan fingerprint density at radius 3 is 2.29 bits per heavy atom. The first kappa shape index (κ1) is 24.2. The monoisotopic (exact) mass is 436 g/mol. The molecule has 1 atom stereocenters. The van der Waals surface area contributed by atoms with Gasteiger partial charge in [0.05, 0.1) is 11.7 Å². The maximum absolute atomic E-state index is 12.4. The molecule has 160 valence electrons. The van der Waals surface area contributed by atoms with Crippen molar-refractivity contribution in [3.8, 4) is 11.5 Å². The summed E-state index contributed by atoms with van der Waals surface area (Å²) in [4.78, 5) is 12.4. The summed E-state index contributed by atoms with van der Waals surface area (Å²) in [6.45, 7) is -2.57. The van der Waals surface area contributed by atoms with E-state index in [9.17, 15) is 31.1 Å². The number of ether oxygens (including phenoxy) is 2. The van der Waals surface area contributed by atoms with Gasteiger partial charge in [0.2, 0.25) is 0 Å². The minimum absolute atomic E-state index is 0. The minimum atomic E-state index is -4.63. The van der Waals surface area contributed by atoms with E-state index in [2.05, 4.69) is 20.1 Å². The van der Waals surface area contributed by atoms with Gasteiger partial charge >= 0.3 is 12.4 Å². The highest BCUT2D eigenvalue weighted by molar-refractivity contribution is 5.97. The lowest BCUT2D eigenvalue weighted by Crippen LogP contribution is -2.47. The van der Waals surface area contributed by atoms with Crippen molar-refractivity contribution in [1.29, 1.82) is 0 Å². The summed E-state index contributed by atoms with van der Waals surface area (Å²) in [5.74, 6) is -1.49. The number of benzene rings is 1. The Morgan fingerprint density at radius 2 is 1.71 bits per heavy atom. The molecule has 0 saturated carbocycles. The number of hydrogen-bond acceptors (Lipinski definition) is 4. The van der Waals surface area contributed by atoms with Crippen LogP contribution in [0.15, 0.2) is 18.2 Å². The van der Waals surface area contributed by atoms with Gasteiger partial charge in [0.1, 0.15) is 11.5 Å². The molecule has 1 saturated heterocycles. The van der Waals surface area contributed by atoms with Crippen molar-refractivity contribution in [2.24, 2.45) is 0 Å². The van der Waals surface area contributed by atoms with Crippen LogP contribution in [0.2, 0.25) is 0 Å². The summed E-state index contributed by atoms with van der Waals surface area (Å²) in [5.41, 5.74) is -0.341. The van der Waals surface area contributed by atoms with Crippen molar-refractivity contribution in [2.75, 3.05) is 19.8 Å². The SMILES string of the molecule is Cl.O=C(NC1CCCCN1)c1cc(OCC(F)(F)F)ccc1OCC(F)(F)F. The molecule has 1 heterocycles. The molecule has 1 aliphatic heterocycles. The average Bonchev–Trinajstić information content (AvgIpc) is 2.58. The summed E-state index contributed by atoms with van der Waals surface area (Å²) < 4.78 is 83.2. The third-order valence-corrected chi connectivity index (χ3v) is 3.61. The second kappa shape index (κ2) is 10.1. The largest absolute Gasteiger partial charge is 0.484 e. The zero-order valence-electron chi connectivity index (χ0n) is 14.5. The molecule has 0 aromatic heterocycles. The predicted molar refractivity (Wildman–Crippen MR) is 89.9 cm³/mol. The molecule has 12 heteroatoms. The van der Waals surface area contributed by atoms with Crippen LogP contribution < -0.4 is 20.1 Å². The van der Waals surface area contributed by atoms with E-state index in [4.69, 9.17) is 0 Å². The molecule has 1 aromatic carbocycles. The zero-order valence-corrected chi connectivity index (χ0v) is 15.3. The molecule has 28 heavy (non-hydrogen) atoms. The van der Waals surface area contributed by atoms with Crippen molar-refractivity contribution >= 4 is 18.3 Å². The fourth-order valence-corrected chi connectivity index (χ4v) is 2.44. The number of hydrogen-bond donors (Lipinski definition) is 2. The van der Waals surface area contributed by atoms with Gasteiger partial charge in [-0.15, -0.1) is 12.4 Å². The second-order valence-electron chi connectivity index (χ2n) is 5.94. The van der Waals surface area contributed by atoms with E-state index in [0.717, 1.165) is 31.0 Å². The Hall–Kier alpha value is -1.88. The molecule has 5 nitrogen and oxygen atoms in total. The van der Waals surface area contributed by atoms with Crippen molar-refractivity contribution in [1.82, 2.24) is 10.6 Å². The maximum Gasteiger partial charge on any atom is 0.422 e. The van der Waals surface area contributed by atoms with Crippen molar-refractivity contribution < 1.29 is 40.6 Å². The first-order valence-electron chi connectivity index (χ1n) is 8.11. The fourth-order valence-electron chi connectivity index (χ4n) is 2.44. The molecule has 0 aliphatic carbocycles. The number of nitrogens with one attached hydrogen (secondary N) is 2. The highest BCUT2D eigenvalue weighted by Crippen LogP contribution is 2.28. The average molecular weight is 437 g/mol. The number of rotatable bonds is 6. The van der Waals surface area contributed by atoms with Gasteiger partial charge in [0, 0.05) is 0 Å². The lowest BCUT2D eigenvalue weighted by atomic mass is 10.1. The van der Waals surface area contributed by atoms with Crippen LogP contribution in [0.4, 0.5) is 26.3 Å². The van der Waals surface area contributed by atoms with E-state index in [0.29, 0.717) is 13.0 Å². The van der Waals surface area contributed by atoms with Gasteiger partial charge in [-0.05, 0) is 44.0 Å². The molecule has 1 aliphatic rings. The molecule has 2 rings (SSSR count). The Balaban J connectivity index is 0.00000392. The van der Waals surface area contributed by atoms with E-state index < -0.39 is 37.2 Å². The molecule has 1 fully saturated rings. The summed E-state index contributed by atoms with van der Waals surface area (Å²) >= 11 is 0. The lowest BCUT2D eigenvalue weighted by Gasteiger charge is -2.25. The summed E-state index contributed by atoms with van der Waals surface area (Å²) in [6.07, 6.45) is -7.22. The zero-order chi connectivity index (χ0) is 20.1. The standard InChI is InChI=1S/C16H18F6N2O3.ClH/c17-15(18,19)8-26-10-4-5-12(27-9-16(20,21)22)11(7-10)14(25)24-13-3-1-2-6-23-13;/h4-5,7,13,23H,1-3,6,8-9H2,(H,24,25);1H. The molecule has 1 amide bonds. The number of carbonyl (C=O) groups is 1. The van der Waals surface area contributed by atoms with Crippen molar-refractivity contribution in [3.05, 3.63) is 23.8 Å². The van der Waals surface area contributed by atoms with Gasteiger partial charge in [-0.2, -0.15) is 26.3 Å².